The van der Waals surface area contributed by atoms with Gasteiger partial charge in [0.05, 0.1) is 5.69 Å². The maximum absolute atomic E-state index is 13.9. The van der Waals surface area contributed by atoms with Crippen molar-refractivity contribution in [2.24, 2.45) is 5.92 Å². The molecule has 1 amide bonds. The van der Waals surface area contributed by atoms with E-state index in [4.69, 9.17) is 0 Å². The SMILES string of the molecule is O=C(Nc1nc(-c2cccnc2)cs1)C1CCN(S(=O)(=O)c2cc(F)ccc2F)CC1. The lowest BCUT2D eigenvalue weighted by atomic mass is 9.97. The molecule has 3 heterocycles. The minimum atomic E-state index is -4.18. The fourth-order valence-corrected chi connectivity index (χ4v) is 5.63. The molecule has 1 N–H and O–H groups in total. The molecule has 1 fully saturated rings. The van der Waals surface area contributed by atoms with Gasteiger partial charge in [-0.15, -0.1) is 11.3 Å². The number of pyridine rings is 1. The lowest BCUT2D eigenvalue weighted by Gasteiger charge is -2.30. The summed E-state index contributed by atoms with van der Waals surface area (Å²) in [6, 6.07) is 5.99. The van der Waals surface area contributed by atoms with Gasteiger partial charge in [0.1, 0.15) is 16.5 Å². The highest BCUT2D eigenvalue weighted by atomic mass is 32.2. The highest BCUT2D eigenvalue weighted by molar-refractivity contribution is 7.89. The number of thiazole rings is 1. The zero-order chi connectivity index (χ0) is 22.0. The maximum Gasteiger partial charge on any atom is 0.246 e. The highest BCUT2D eigenvalue weighted by Crippen LogP contribution is 2.28. The molecule has 0 bridgehead atoms. The number of sulfonamides is 1. The second-order valence-electron chi connectivity index (χ2n) is 7.02. The van der Waals surface area contributed by atoms with Gasteiger partial charge in [-0.1, -0.05) is 0 Å². The Morgan fingerprint density at radius 1 is 1.19 bits per heavy atom. The second kappa shape index (κ2) is 8.77. The van der Waals surface area contributed by atoms with Gasteiger partial charge in [0, 0.05) is 42.3 Å². The summed E-state index contributed by atoms with van der Waals surface area (Å²) in [6.07, 6.45) is 3.87. The lowest BCUT2D eigenvalue weighted by molar-refractivity contribution is -0.120. The standard InChI is InChI=1S/C20H18F2N4O3S2/c21-15-3-4-16(22)18(10-15)31(28,29)26-8-5-13(6-9-26)19(27)25-20-24-17(12-30-20)14-2-1-7-23-11-14/h1-4,7,10-13H,5-6,8-9H2,(H,24,25,27). The van der Waals surface area contributed by atoms with Crippen molar-refractivity contribution < 1.29 is 22.0 Å². The molecule has 1 saturated heterocycles. The molecule has 1 aromatic carbocycles. The molecule has 1 aliphatic rings. The maximum atomic E-state index is 13.9. The van der Waals surface area contributed by atoms with Gasteiger partial charge in [-0.2, -0.15) is 4.31 Å². The van der Waals surface area contributed by atoms with Crippen molar-refractivity contribution in [2.45, 2.75) is 17.7 Å². The van der Waals surface area contributed by atoms with Gasteiger partial charge >= 0.3 is 0 Å². The second-order valence-corrected chi connectivity index (χ2v) is 9.79. The van der Waals surface area contributed by atoms with Gasteiger partial charge in [0.2, 0.25) is 15.9 Å². The summed E-state index contributed by atoms with van der Waals surface area (Å²) < 4.78 is 53.8. The monoisotopic (exact) mass is 464 g/mol. The zero-order valence-corrected chi connectivity index (χ0v) is 17.8. The van der Waals surface area contributed by atoms with Crippen molar-refractivity contribution in [1.82, 2.24) is 14.3 Å². The molecule has 1 aliphatic heterocycles. The van der Waals surface area contributed by atoms with Crippen molar-refractivity contribution in [3.8, 4) is 11.3 Å². The lowest BCUT2D eigenvalue weighted by Crippen LogP contribution is -2.41. The Balaban J connectivity index is 1.38. The van der Waals surface area contributed by atoms with Crippen LogP contribution in [0.1, 0.15) is 12.8 Å². The minimum absolute atomic E-state index is 0.0369. The van der Waals surface area contributed by atoms with Crippen LogP contribution in [0.15, 0.2) is 53.0 Å². The van der Waals surface area contributed by atoms with Crippen LogP contribution >= 0.6 is 11.3 Å². The third kappa shape index (κ3) is 4.63. The van der Waals surface area contributed by atoms with E-state index in [1.54, 1.807) is 18.5 Å². The molecule has 31 heavy (non-hydrogen) atoms. The average molecular weight is 465 g/mol. The molecule has 0 aliphatic carbocycles. The highest BCUT2D eigenvalue weighted by Gasteiger charge is 2.34. The fraction of sp³-hybridized carbons (Fsp3) is 0.250. The number of halogens is 2. The van der Waals surface area contributed by atoms with Crippen molar-refractivity contribution in [1.29, 1.82) is 0 Å². The van der Waals surface area contributed by atoms with E-state index < -0.39 is 32.5 Å². The van der Waals surface area contributed by atoms with E-state index in [9.17, 15) is 22.0 Å². The first-order valence-corrected chi connectivity index (χ1v) is 11.8. The molecule has 162 valence electrons. The number of rotatable bonds is 5. The molecule has 7 nitrogen and oxygen atoms in total. The summed E-state index contributed by atoms with van der Waals surface area (Å²) in [5, 5.41) is 5.03. The first kappa shape index (κ1) is 21.5. The summed E-state index contributed by atoms with van der Waals surface area (Å²) in [7, 11) is -4.18. The van der Waals surface area contributed by atoms with E-state index in [0.29, 0.717) is 16.9 Å². The number of anilines is 1. The number of carbonyl (C=O) groups excluding carboxylic acids is 1. The number of hydrogen-bond acceptors (Lipinski definition) is 6. The Morgan fingerprint density at radius 2 is 1.97 bits per heavy atom. The summed E-state index contributed by atoms with van der Waals surface area (Å²) in [6.45, 7) is 0.0738. The Labute approximate surface area is 181 Å². The van der Waals surface area contributed by atoms with E-state index in [2.05, 4.69) is 15.3 Å². The Morgan fingerprint density at radius 3 is 2.68 bits per heavy atom. The molecular weight excluding hydrogens is 446 g/mol. The number of carbonyl (C=O) groups is 1. The van der Waals surface area contributed by atoms with Gasteiger partial charge < -0.3 is 5.32 Å². The number of nitrogens with zero attached hydrogens (tertiary/aromatic N) is 3. The van der Waals surface area contributed by atoms with Gasteiger partial charge in [-0.25, -0.2) is 22.2 Å². The van der Waals surface area contributed by atoms with Crippen LogP contribution in [0.3, 0.4) is 0 Å². The van der Waals surface area contributed by atoms with Gasteiger partial charge in [0.15, 0.2) is 5.13 Å². The third-order valence-corrected chi connectivity index (χ3v) is 7.70. The number of piperidine rings is 1. The molecule has 0 unspecified atom stereocenters. The van der Waals surface area contributed by atoms with Gasteiger partial charge in [0.25, 0.3) is 0 Å². The Kier molecular flexibility index (Phi) is 6.08. The summed E-state index contributed by atoms with van der Waals surface area (Å²) >= 11 is 1.29. The molecule has 2 aromatic heterocycles. The van der Waals surface area contributed by atoms with Crippen LogP contribution in [-0.4, -0.2) is 41.7 Å². The van der Waals surface area contributed by atoms with Crippen molar-refractivity contribution >= 4 is 32.4 Å². The van der Waals surface area contributed by atoms with Crippen LogP contribution in [-0.2, 0) is 14.8 Å². The van der Waals surface area contributed by atoms with E-state index >= 15 is 0 Å². The molecular formula is C20H18F2N4O3S2. The molecule has 0 radical (unpaired) electrons. The van der Waals surface area contributed by atoms with Crippen LogP contribution in [0, 0.1) is 17.6 Å². The van der Waals surface area contributed by atoms with Crippen LogP contribution in [0.2, 0.25) is 0 Å². The van der Waals surface area contributed by atoms with Gasteiger partial charge in [-0.3, -0.25) is 9.78 Å². The number of aromatic nitrogens is 2. The van der Waals surface area contributed by atoms with E-state index in [0.717, 1.165) is 22.0 Å². The molecule has 0 spiro atoms. The topological polar surface area (TPSA) is 92.3 Å². The molecule has 11 heteroatoms. The molecule has 0 atom stereocenters. The largest absolute Gasteiger partial charge is 0.302 e. The summed E-state index contributed by atoms with van der Waals surface area (Å²) in [5.41, 5.74) is 1.54. The number of nitrogens with one attached hydrogen (secondary N) is 1. The van der Waals surface area contributed by atoms with Crippen LogP contribution in [0.4, 0.5) is 13.9 Å². The zero-order valence-electron chi connectivity index (χ0n) is 16.2. The number of amides is 1. The first-order valence-electron chi connectivity index (χ1n) is 9.46. The van der Waals surface area contributed by atoms with Gasteiger partial charge in [-0.05, 0) is 43.2 Å². The number of hydrogen-bond donors (Lipinski definition) is 1. The fourth-order valence-electron chi connectivity index (χ4n) is 3.36. The third-order valence-electron chi connectivity index (χ3n) is 5.03. The summed E-state index contributed by atoms with van der Waals surface area (Å²) in [4.78, 5) is 20.3. The number of benzene rings is 1. The quantitative estimate of drug-likeness (QED) is 0.624. The predicted octanol–water partition coefficient (Wildman–Crippen LogP) is 3.52. The Bertz CT molecular complexity index is 1190. The Hall–Kier alpha value is -2.76. The first-order chi connectivity index (χ1) is 14.8. The van der Waals surface area contributed by atoms with E-state index in [1.807, 2.05) is 11.4 Å². The normalized spacial score (nSPS) is 15.7. The smallest absolute Gasteiger partial charge is 0.246 e. The predicted molar refractivity (Wildman–Crippen MR) is 112 cm³/mol. The van der Waals surface area contributed by atoms with Crippen LogP contribution in [0.5, 0.6) is 0 Å². The van der Waals surface area contributed by atoms with E-state index in [-0.39, 0.29) is 31.8 Å². The average Bonchev–Trinajstić information content (AvgIpc) is 3.24. The minimum Gasteiger partial charge on any atom is -0.302 e. The van der Waals surface area contributed by atoms with Crippen LogP contribution < -0.4 is 5.32 Å². The molecule has 0 saturated carbocycles. The molecule has 4 rings (SSSR count). The van der Waals surface area contributed by atoms with E-state index in [1.165, 1.54) is 11.3 Å². The van der Waals surface area contributed by atoms with Crippen molar-refractivity contribution in [3.05, 3.63) is 59.7 Å². The summed E-state index contributed by atoms with van der Waals surface area (Å²) in [5.74, 6) is -2.49. The molecule has 3 aromatic rings. The van der Waals surface area contributed by atoms with Crippen molar-refractivity contribution in [3.63, 3.8) is 0 Å². The van der Waals surface area contributed by atoms with Crippen LogP contribution in [0.25, 0.3) is 11.3 Å². The van der Waals surface area contributed by atoms with Crippen molar-refractivity contribution in [2.75, 3.05) is 18.4 Å².